The third-order valence-corrected chi connectivity index (χ3v) is 5.08. The number of ether oxygens (including phenoxy) is 1. The van der Waals surface area contributed by atoms with E-state index in [1.165, 1.54) is 16.9 Å². The second kappa shape index (κ2) is 7.95. The van der Waals surface area contributed by atoms with Crippen molar-refractivity contribution in [2.24, 2.45) is 4.99 Å². The van der Waals surface area contributed by atoms with E-state index in [0.717, 1.165) is 10.2 Å². The van der Waals surface area contributed by atoms with E-state index >= 15 is 0 Å². The van der Waals surface area contributed by atoms with Gasteiger partial charge in [0.1, 0.15) is 0 Å². The van der Waals surface area contributed by atoms with Crippen molar-refractivity contribution in [3.05, 3.63) is 63.4 Å². The molecule has 1 aromatic heterocycles. The Bertz CT molecular complexity index is 958. The number of amides is 1. The molecule has 3 aromatic rings. The molecule has 0 aliphatic carbocycles. The highest BCUT2D eigenvalue weighted by Crippen LogP contribution is 2.19. The van der Waals surface area contributed by atoms with Crippen LogP contribution in [0.15, 0.2) is 47.5 Å². The lowest BCUT2D eigenvalue weighted by Gasteiger charge is -2.05. The molecule has 0 radical (unpaired) electrons. The summed E-state index contributed by atoms with van der Waals surface area (Å²) in [6.07, 6.45) is 0. The van der Waals surface area contributed by atoms with Crippen molar-refractivity contribution in [2.45, 2.75) is 20.4 Å². The van der Waals surface area contributed by atoms with E-state index < -0.39 is 0 Å². The lowest BCUT2D eigenvalue weighted by Crippen LogP contribution is -2.19. The Balaban J connectivity index is 2.04. The van der Waals surface area contributed by atoms with Crippen LogP contribution in [-0.2, 0) is 11.3 Å². The molecule has 0 saturated heterocycles. The molecule has 2 aromatic carbocycles. The van der Waals surface area contributed by atoms with Crippen LogP contribution in [-0.4, -0.2) is 23.7 Å². The van der Waals surface area contributed by atoms with Gasteiger partial charge in [-0.05, 0) is 55.8 Å². The summed E-state index contributed by atoms with van der Waals surface area (Å²) < 4.78 is 8.63. The van der Waals surface area contributed by atoms with E-state index in [1.807, 2.05) is 11.5 Å². The molecule has 3 rings (SSSR count). The third kappa shape index (κ3) is 4.18. The van der Waals surface area contributed by atoms with Gasteiger partial charge < -0.3 is 9.30 Å². The monoisotopic (exact) mass is 374 g/mol. The van der Waals surface area contributed by atoms with Gasteiger partial charge in [0.05, 0.1) is 16.8 Å². The van der Waals surface area contributed by atoms with Crippen molar-refractivity contribution in [3.8, 4) is 0 Å². The Hall–Kier alpha value is -1.95. The smallest absolute Gasteiger partial charge is 0.279 e. The van der Waals surface area contributed by atoms with Gasteiger partial charge in [-0.1, -0.05) is 29.0 Å². The molecule has 130 valence electrons. The van der Waals surface area contributed by atoms with E-state index in [-0.39, 0.29) is 5.91 Å². The summed E-state index contributed by atoms with van der Waals surface area (Å²) in [5.41, 5.74) is 2.77. The minimum Gasteiger partial charge on any atom is -0.380 e. The molecule has 0 fully saturated rings. The molecular formula is C19H19ClN2O2S. The molecule has 0 aliphatic heterocycles. The summed E-state index contributed by atoms with van der Waals surface area (Å²) in [4.78, 5) is 17.5. The van der Waals surface area contributed by atoms with Crippen LogP contribution in [0.1, 0.15) is 22.8 Å². The average Bonchev–Trinajstić information content (AvgIpc) is 2.92. The summed E-state index contributed by atoms with van der Waals surface area (Å²) >= 11 is 7.40. The van der Waals surface area contributed by atoms with Gasteiger partial charge in [-0.25, -0.2) is 0 Å². The molecule has 25 heavy (non-hydrogen) atoms. The van der Waals surface area contributed by atoms with Crippen LogP contribution >= 0.6 is 22.9 Å². The topological polar surface area (TPSA) is 43.6 Å². The highest BCUT2D eigenvalue weighted by molar-refractivity contribution is 7.16. The number of hydrogen-bond acceptors (Lipinski definition) is 3. The Morgan fingerprint density at radius 1 is 1.24 bits per heavy atom. The van der Waals surface area contributed by atoms with Crippen LogP contribution in [0.3, 0.4) is 0 Å². The highest BCUT2D eigenvalue weighted by Gasteiger charge is 2.09. The molecule has 0 unspecified atom stereocenters. The van der Waals surface area contributed by atoms with Crippen LogP contribution in [0.4, 0.5) is 0 Å². The van der Waals surface area contributed by atoms with E-state index in [9.17, 15) is 4.79 Å². The minimum atomic E-state index is -0.273. The third-order valence-electron chi connectivity index (χ3n) is 3.79. The van der Waals surface area contributed by atoms with Crippen molar-refractivity contribution in [1.82, 2.24) is 4.57 Å². The zero-order chi connectivity index (χ0) is 17.8. The quantitative estimate of drug-likeness (QED) is 0.619. The Morgan fingerprint density at radius 2 is 2.00 bits per heavy atom. The number of hydrogen-bond donors (Lipinski definition) is 0. The highest BCUT2D eigenvalue weighted by atomic mass is 35.5. The van der Waals surface area contributed by atoms with Crippen molar-refractivity contribution in [1.29, 1.82) is 0 Å². The molecule has 0 N–H and O–H groups in total. The van der Waals surface area contributed by atoms with Crippen LogP contribution < -0.4 is 4.80 Å². The van der Waals surface area contributed by atoms with Gasteiger partial charge in [0.2, 0.25) is 0 Å². The number of rotatable bonds is 5. The van der Waals surface area contributed by atoms with Crippen molar-refractivity contribution >= 4 is 39.1 Å². The summed E-state index contributed by atoms with van der Waals surface area (Å²) in [5.74, 6) is -0.273. The van der Waals surface area contributed by atoms with Gasteiger partial charge in [-0.15, -0.1) is 0 Å². The van der Waals surface area contributed by atoms with E-state index in [0.29, 0.717) is 35.1 Å². The number of thiazole rings is 1. The molecule has 0 atom stereocenters. The number of halogens is 1. The fraction of sp³-hybridized carbons (Fsp3) is 0.263. The standard InChI is InChI=1S/C19H19ClN2O2S/c1-3-24-11-10-22-16-9-4-13(2)12-17(16)25-19(22)21-18(23)14-5-7-15(20)8-6-14/h4-9,12H,3,10-11H2,1-2H3. The van der Waals surface area contributed by atoms with E-state index in [1.54, 1.807) is 24.3 Å². The van der Waals surface area contributed by atoms with Gasteiger partial charge >= 0.3 is 0 Å². The van der Waals surface area contributed by atoms with Crippen molar-refractivity contribution in [2.75, 3.05) is 13.2 Å². The molecule has 1 heterocycles. The SMILES string of the molecule is CCOCCn1c(=NC(=O)c2ccc(Cl)cc2)sc2cc(C)ccc21. The van der Waals surface area contributed by atoms with Crippen LogP contribution in [0.2, 0.25) is 5.02 Å². The second-order valence-electron chi connectivity index (χ2n) is 5.63. The molecular weight excluding hydrogens is 356 g/mol. The summed E-state index contributed by atoms with van der Waals surface area (Å²) in [6, 6.07) is 13.0. The first-order valence-corrected chi connectivity index (χ1v) is 9.30. The van der Waals surface area contributed by atoms with Crippen LogP contribution in [0.5, 0.6) is 0 Å². The Labute approximate surface area is 155 Å². The van der Waals surface area contributed by atoms with Crippen LogP contribution in [0.25, 0.3) is 10.2 Å². The van der Waals surface area contributed by atoms with Crippen molar-refractivity contribution < 1.29 is 9.53 Å². The Morgan fingerprint density at radius 3 is 2.72 bits per heavy atom. The number of aryl methyl sites for hydroxylation is 1. The number of fused-ring (bicyclic) bond motifs is 1. The molecule has 6 heteroatoms. The maximum atomic E-state index is 12.5. The van der Waals surface area contributed by atoms with E-state index in [2.05, 4.69) is 30.1 Å². The molecule has 0 aliphatic rings. The molecule has 4 nitrogen and oxygen atoms in total. The normalized spacial score (nSPS) is 12.0. The zero-order valence-corrected chi connectivity index (χ0v) is 15.7. The first-order chi connectivity index (χ1) is 12.1. The first-order valence-electron chi connectivity index (χ1n) is 8.11. The number of nitrogens with zero attached hydrogens (tertiary/aromatic N) is 2. The number of carbonyl (C=O) groups is 1. The largest absolute Gasteiger partial charge is 0.380 e. The number of aromatic nitrogens is 1. The molecule has 0 bridgehead atoms. The maximum Gasteiger partial charge on any atom is 0.279 e. The van der Waals surface area contributed by atoms with Gasteiger partial charge in [-0.3, -0.25) is 4.79 Å². The Kier molecular flexibility index (Phi) is 5.68. The fourth-order valence-corrected chi connectivity index (χ4v) is 3.80. The lowest BCUT2D eigenvalue weighted by molar-refractivity contribution is 0.0996. The maximum absolute atomic E-state index is 12.5. The van der Waals surface area contributed by atoms with Gasteiger partial charge in [-0.2, -0.15) is 4.99 Å². The predicted molar refractivity (Wildman–Crippen MR) is 102 cm³/mol. The fourth-order valence-electron chi connectivity index (χ4n) is 2.53. The summed E-state index contributed by atoms with van der Waals surface area (Å²) in [5, 5.41) is 0.598. The van der Waals surface area contributed by atoms with Gasteiger partial charge in [0.15, 0.2) is 4.80 Å². The van der Waals surface area contributed by atoms with Gasteiger partial charge in [0, 0.05) is 23.7 Å². The minimum absolute atomic E-state index is 0.273. The lowest BCUT2D eigenvalue weighted by atomic mass is 10.2. The predicted octanol–water partition coefficient (Wildman–Crippen LogP) is 4.44. The van der Waals surface area contributed by atoms with Crippen molar-refractivity contribution in [3.63, 3.8) is 0 Å². The number of carbonyl (C=O) groups excluding carboxylic acids is 1. The zero-order valence-electron chi connectivity index (χ0n) is 14.2. The average molecular weight is 375 g/mol. The first kappa shape index (κ1) is 17.9. The summed E-state index contributed by atoms with van der Waals surface area (Å²) in [6.45, 7) is 5.93. The number of benzene rings is 2. The second-order valence-corrected chi connectivity index (χ2v) is 7.07. The molecule has 0 spiro atoms. The molecule has 1 amide bonds. The van der Waals surface area contributed by atoms with Gasteiger partial charge in [0.25, 0.3) is 5.91 Å². The van der Waals surface area contributed by atoms with Crippen LogP contribution in [0, 0.1) is 6.92 Å². The summed E-state index contributed by atoms with van der Waals surface area (Å²) in [7, 11) is 0. The van der Waals surface area contributed by atoms with E-state index in [4.69, 9.17) is 16.3 Å². The molecule has 0 saturated carbocycles.